The monoisotopic (exact) mass is 343 g/mol. The highest BCUT2D eigenvalue weighted by molar-refractivity contribution is 5.81. The summed E-state index contributed by atoms with van der Waals surface area (Å²) in [5.41, 5.74) is 3.03. The fraction of sp³-hybridized carbons (Fsp3) is 0.500. The van der Waals surface area contributed by atoms with Crippen LogP contribution in [0.5, 0.6) is 0 Å². The Bertz CT molecular complexity index is 785. The molecule has 0 aliphatic carbocycles. The summed E-state index contributed by atoms with van der Waals surface area (Å²) in [6.45, 7) is 5.81. The van der Waals surface area contributed by atoms with Crippen molar-refractivity contribution in [1.82, 2.24) is 25.1 Å². The van der Waals surface area contributed by atoms with E-state index in [4.69, 9.17) is 0 Å². The molecular formula is C18H25N5O2. The van der Waals surface area contributed by atoms with Gasteiger partial charge >= 0.3 is 6.03 Å². The molecule has 0 saturated carbocycles. The average molecular weight is 343 g/mol. The topological polar surface area (TPSA) is 81.3 Å². The Balaban J connectivity index is 1.58. The molecule has 3 rings (SSSR count). The predicted octanol–water partition coefficient (Wildman–Crippen LogP) is 2.02. The number of carbonyl (C=O) groups excluding carboxylic acids is 2. The number of amides is 3. The molecule has 134 valence electrons. The second-order valence-electron chi connectivity index (χ2n) is 6.75. The van der Waals surface area contributed by atoms with Gasteiger partial charge in [0.2, 0.25) is 5.91 Å². The van der Waals surface area contributed by atoms with Crippen molar-refractivity contribution in [3.63, 3.8) is 0 Å². The first-order valence-corrected chi connectivity index (χ1v) is 8.71. The third-order valence-corrected chi connectivity index (χ3v) is 4.46. The highest BCUT2D eigenvalue weighted by Gasteiger charge is 2.30. The first-order chi connectivity index (χ1) is 12.0. The Labute approximate surface area is 147 Å². The van der Waals surface area contributed by atoms with E-state index in [1.165, 1.54) is 0 Å². The van der Waals surface area contributed by atoms with Crippen LogP contribution >= 0.6 is 0 Å². The minimum absolute atomic E-state index is 0.113. The molecule has 0 unspecified atom stereocenters. The Hall–Kier alpha value is -2.57. The molecule has 1 fully saturated rings. The van der Waals surface area contributed by atoms with Gasteiger partial charge in [0.1, 0.15) is 5.82 Å². The molecule has 2 heterocycles. The number of imidazole rings is 1. The molecule has 1 saturated heterocycles. The van der Waals surface area contributed by atoms with Gasteiger partial charge < -0.3 is 20.1 Å². The minimum atomic E-state index is -0.187. The van der Waals surface area contributed by atoms with Gasteiger partial charge in [-0.05, 0) is 31.0 Å². The number of nitrogens with zero attached hydrogens (tertiary/aromatic N) is 3. The van der Waals surface area contributed by atoms with Crippen LogP contribution < -0.4 is 5.32 Å². The lowest BCUT2D eigenvalue weighted by atomic mass is 10.2. The van der Waals surface area contributed by atoms with E-state index in [1.54, 1.807) is 11.9 Å². The Morgan fingerprint density at radius 2 is 2.28 bits per heavy atom. The standard InChI is InChI=1S/C18H25N5O2/c1-4-7-23-10-13(9-17(23)24)19-18(25)22(3)11-16-20-14-6-5-12(2)8-15(14)21-16/h5-6,8,13H,4,7,9-11H2,1-3H3,(H,19,25)(H,20,21)/t13-/m1/s1. The summed E-state index contributed by atoms with van der Waals surface area (Å²) in [6.07, 6.45) is 1.31. The number of urea groups is 1. The fourth-order valence-corrected chi connectivity index (χ4v) is 3.19. The fourth-order valence-electron chi connectivity index (χ4n) is 3.19. The van der Waals surface area contributed by atoms with Crippen molar-refractivity contribution in [2.45, 2.75) is 39.3 Å². The van der Waals surface area contributed by atoms with E-state index >= 15 is 0 Å². The van der Waals surface area contributed by atoms with E-state index in [1.807, 2.05) is 36.9 Å². The number of nitrogens with one attached hydrogen (secondary N) is 2. The van der Waals surface area contributed by atoms with E-state index in [0.717, 1.165) is 35.4 Å². The van der Waals surface area contributed by atoms with Crippen molar-refractivity contribution < 1.29 is 9.59 Å². The van der Waals surface area contributed by atoms with Crippen LogP contribution in [-0.2, 0) is 11.3 Å². The SMILES string of the molecule is CCCN1C[C@H](NC(=O)N(C)Cc2nc3ccc(C)cc3[nH]2)CC1=O. The van der Waals surface area contributed by atoms with Crippen LogP contribution in [-0.4, -0.2) is 57.9 Å². The maximum atomic E-state index is 12.4. The number of aromatic nitrogens is 2. The van der Waals surface area contributed by atoms with E-state index in [-0.39, 0.29) is 18.0 Å². The van der Waals surface area contributed by atoms with Crippen LogP contribution in [0.25, 0.3) is 11.0 Å². The van der Waals surface area contributed by atoms with Crippen LogP contribution in [0.4, 0.5) is 4.79 Å². The summed E-state index contributed by atoms with van der Waals surface area (Å²) < 4.78 is 0. The van der Waals surface area contributed by atoms with Gasteiger partial charge in [0, 0.05) is 26.6 Å². The number of aromatic amines is 1. The molecule has 0 bridgehead atoms. The lowest BCUT2D eigenvalue weighted by Gasteiger charge is -2.20. The molecule has 1 aromatic carbocycles. The van der Waals surface area contributed by atoms with Crippen molar-refractivity contribution in [3.8, 4) is 0 Å². The zero-order chi connectivity index (χ0) is 18.0. The van der Waals surface area contributed by atoms with Crippen molar-refractivity contribution >= 4 is 23.0 Å². The Kier molecular flexibility index (Phi) is 4.92. The van der Waals surface area contributed by atoms with E-state index in [2.05, 4.69) is 15.3 Å². The highest BCUT2D eigenvalue weighted by Crippen LogP contribution is 2.15. The lowest BCUT2D eigenvalue weighted by molar-refractivity contribution is -0.127. The number of H-pyrrole nitrogens is 1. The second-order valence-corrected chi connectivity index (χ2v) is 6.75. The summed E-state index contributed by atoms with van der Waals surface area (Å²) in [4.78, 5) is 35.4. The number of rotatable bonds is 5. The van der Waals surface area contributed by atoms with Gasteiger partial charge in [-0.3, -0.25) is 4.79 Å². The van der Waals surface area contributed by atoms with E-state index in [0.29, 0.717) is 19.5 Å². The lowest BCUT2D eigenvalue weighted by Crippen LogP contribution is -2.44. The highest BCUT2D eigenvalue weighted by atomic mass is 16.2. The molecule has 1 aromatic heterocycles. The number of likely N-dealkylation sites (tertiary alicyclic amines) is 1. The van der Waals surface area contributed by atoms with Crippen LogP contribution in [0.3, 0.4) is 0 Å². The molecule has 25 heavy (non-hydrogen) atoms. The normalized spacial score (nSPS) is 17.3. The molecular weight excluding hydrogens is 318 g/mol. The molecule has 7 heteroatoms. The number of hydrogen-bond acceptors (Lipinski definition) is 3. The first kappa shape index (κ1) is 17.3. The van der Waals surface area contributed by atoms with Gasteiger partial charge in [-0.2, -0.15) is 0 Å². The number of aryl methyl sites for hydroxylation is 1. The Morgan fingerprint density at radius 3 is 3.04 bits per heavy atom. The zero-order valence-corrected chi connectivity index (χ0v) is 15.0. The van der Waals surface area contributed by atoms with Gasteiger partial charge in [-0.1, -0.05) is 13.0 Å². The van der Waals surface area contributed by atoms with Crippen LogP contribution in [0.1, 0.15) is 31.2 Å². The molecule has 7 nitrogen and oxygen atoms in total. The van der Waals surface area contributed by atoms with E-state index in [9.17, 15) is 9.59 Å². The summed E-state index contributed by atoms with van der Waals surface area (Å²) >= 11 is 0. The minimum Gasteiger partial charge on any atom is -0.341 e. The summed E-state index contributed by atoms with van der Waals surface area (Å²) in [5, 5.41) is 2.94. The van der Waals surface area contributed by atoms with Crippen LogP contribution in [0.15, 0.2) is 18.2 Å². The number of fused-ring (bicyclic) bond motifs is 1. The van der Waals surface area contributed by atoms with Gasteiger partial charge in [0.05, 0.1) is 23.6 Å². The molecule has 3 amide bonds. The maximum Gasteiger partial charge on any atom is 0.317 e. The third-order valence-electron chi connectivity index (χ3n) is 4.46. The summed E-state index contributed by atoms with van der Waals surface area (Å²) in [6, 6.07) is 5.72. The average Bonchev–Trinajstić information content (AvgIpc) is 3.10. The number of benzene rings is 1. The maximum absolute atomic E-state index is 12.4. The summed E-state index contributed by atoms with van der Waals surface area (Å²) in [5.74, 6) is 0.857. The van der Waals surface area contributed by atoms with Crippen molar-refractivity contribution in [1.29, 1.82) is 0 Å². The quantitative estimate of drug-likeness (QED) is 0.871. The smallest absolute Gasteiger partial charge is 0.317 e. The Morgan fingerprint density at radius 1 is 1.48 bits per heavy atom. The molecule has 1 aliphatic heterocycles. The summed E-state index contributed by atoms with van der Waals surface area (Å²) in [7, 11) is 1.73. The van der Waals surface area contributed by atoms with Crippen LogP contribution in [0, 0.1) is 6.92 Å². The largest absolute Gasteiger partial charge is 0.341 e. The molecule has 0 radical (unpaired) electrons. The van der Waals surface area contributed by atoms with Crippen molar-refractivity contribution in [2.75, 3.05) is 20.1 Å². The molecule has 1 aliphatic rings. The van der Waals surface area contributed by atoms with Crippen molar-refractivity contribution in [2.24, 2.45) is 0 Å². The van der Waals surface area contributed by atoms with Gasteiger partial charge in [-0.15, -0.1) is 0 Å². The number of carbonyl (C=O) groups is 2. The van der Waals surface area contributed by atoms with Gasteiger partial charge in [0.15, 0.2) is 0 Å². The molecule has 1 atom stereocenters. The molecule has 2 aromatic rings. The molecule has 2 N–H and O–H groups in total. The number of hydrogen-bond donors (Lipinski definition) is 2. The third kappa shape index (κ3) is 3.92. The predicted molar refractivity (Wildman–Crippen MR) is 96.1 cm³/mol. The van der Waals surface area contributed by atoms with E-state index < -0.39 is 0 Å². The second kappa shape index (κ2) is 7.13. The molecule has 0 spiro atoms. The zero-order valence-electron chi connectivity index (χ0n) is 15.0. The van der Waals surface area contributed by atoms with Crippen molar-refractivity contribution in [3.05, 3.63) is 29.6 Å². The van der Waals surface area contributed by atoms with Gasteiger partial charge in [0.25, 0.3) is 0 Å². The van der Waals surface area contributed by atoms with Gasteiger partial charge in [-0.25, -0.2) is 9.78 Å². The first-order valence-electron chi connectivity index (χ1n) is 8.71. The van der Waals surface area contributed by atoms with Crippen LogP contribution in [0.2, 0.25) is 0 Å².